The standard InChI is InChI=1S/C13H22N2O2/c1-15(2)9-11(14)7-10-8-12(16-3)5-6-13(10)17-4/h5-6,8,11H,7,9,14H2,1-4H3. The lowest BCUT2D eigenvalue weighted by molar-refractivity contribution is 0.364. The van der Waals surface area contributed by atoms with Crippen LogP contribution in [0.4, 0.5) is 0 Å². The van der Waals surface area contributed by atoms with Crippen LogP contribution in [-0.4, -0.2) is 45.8 Å². The molecule has 0 saturated carbocycles. The number of nitrogens with two attached hydrogens (primary N) is 1. The van der Waals surface area contributed by atoms with Crippen LogP contribution in [0.15, 0.2) is 18.2 Å². The average molecular weight is 238 g/mol. The highest BCUT2D eigenvalue weighted by Gasteiger charge is 2.10. The molecule has 17 heavy (non-hydrogen) atoms. The number of methoxy groups -OCH3 is 2. The Morgan fingerprint density at radius 1 is 1.24 bits per heavy atom. The number of rotatable bonds is 6. The topological polar surface area (TPSA) is 47.7 Å². The second kappa shape index (κ2) is 6.47. The molecule has 96 valence electrons. The van der Waals surface area contributed by atoms with Crippen molar-refractivity contribution < 1.29 is 9.47 Å². The molecule has 4 heteroatoms. The fourth-order valence-corrected chi connectivity index (χ4v) is 1.86. The Bertz CT molecular complexity index is 353. The fraction of sp³-hybridized carbons (Fsp3) is 0.538. The number of ether oxygens (including phenoxy) is 2. The summed E-state index contributed by atoms with van der Waals surface area (Å²) in [5, 5.41) is 0. The molecule has 0 heterocycles. The summed E-state index contributed by atoms with van der Waals surface area (Å²) in [6.07, 6.45) is 0.776. The Kier molecular flexibility index (Phi) is 5.25. The van der Waals surface area contributed by atoms with Gasteiger partial charge in [-0.15, -0.1) is 0 Å². The lowest BCUT2D eigenvalue weighted by atomic mass is 10.0. The summed E-state index contributed by atoms with van der Waals surface area (Å²) in [6, 6.07) is 5.87. The average Bonchev–Trinajstić information content (AvgIpc) is 2.27. The van der Waals surface area contributed by atoms with E-state index in [2.05, 4.69) is 4.90 Å². The molecule has 1 rings (SSSR count). The number of hydrogen-bond donors (Lipinski definition) is 1. The van der Waals surface area contributed by atoms with Gasteiger partial charge in [0, 0.05) is 12.6 Å². The molecular formula is C13H22N2O2. The van der Waals surface area contributed by atoms with Crippen LogP contribution in [0, 0.1) is 0 Å². The van der Waals surface area contributed by atoms with Crippen molar-refractivity contribution >= 4 is 0 Å². The molecule has 0 saturated heterocycles. The summed E-state index contributed by atoms with van der Waals surface area (Å²) in [6.45, 7) is 0.848. The highest BCUT2D eigenvalue weighted by atomic mass is 16.5. The summed E-state index contributed by atoms with van der Waals surface area (Å²) >= 11 is 0. The zero-order valence-corrected chi connectivity index (χ0v) is 11.1. The van der Waals surface area contributed by atoms with E-state index in [0.717, 1.165) is 30.0 Å². The fourth-order valence-electron chi connectivity index (χ4n) is 1.86. The maximum absolute atomic E-state index is 6.08. The minimum absolute atomic E-state index is 0.0889. The molecule has 0 fully saturated rings. The van der Waals surface area contributed by atoms with Crippen molar-refractivity contribution in [3.63, 3.8) is 0 Å². The third kappa shape index (κ3) is 4.24. The van der Waals surface area contributed by atoms with Gasteiger partial charge in [-0.05, 0) is 44.3 Å². The van der Waals surface area contributed by atoms with E-state index >= 15 is 0 Å². The summed E-state index contributed by atoms with van der Waals surface area (Å²) in [7, 11) is 7.36. The summed E-state index contributed by atoms with van der Waals surface area (Å²) in [5.74, 6) is 1.69. The van der Waals surface area contributed by atoms with E-state index in [4.69, 9.17) is 15.2 Å². The van der Waals surface area contributed by atoms with E-state index in [1.165, 1.54) is 0 Å². The molecule has 4 nitrogen and oxygen atoms in total. The molecule has 1 aromatic carbocycles. The van der Waals surface area contributed by atoms with Crippen molar-refractivity contribution in [1.82, 2.24) is 4.90 Å². The highest BCUT2D eigenvalue weighted by Crippen LogP contribution is 2.24. The molecule has 0 amide bonds. The van der Waals surface area contributed by atoms with Gasteiger partial charge >= 0.3 is 0 Å². The van der Waals surface area contributed by atoms with Crippen molar-refractivity contribution in [1.29, 1.82) is 0 Å². The summed E-state index contributed by atoms with van der Waals surface area (Å²) in [5.41, 5.74) is 7.17. The molecular weight excluding hydrogens is 216 g/mol. The maximum Gasteiger partial charge on any atom is 0.122 e. The SMILES string of the molecule is COc1ccc(OC)c(CC(N)CN(C)C)c1. The van der Waals surface area contributed by atoms with Gasteiger partial charge in [-0.3, -0.25) is 0 Å². The third-order valence-corrected chi connectivity index (χ3v) is 2.57. The van der Waals surface area contributed by atoms with Crippen LogP contribution < -0.4 is 15.2 Å². The molecule has 0 bridgehead atoms. The number of benzene rings is 1. The van der Waals surface area contributed by atoms with E-state index in [1.54, 1.807) is 14.2 Å². The minimum atomic E-state index is 0.0889. The van der Waals surface area contributed by atoms with Gasteiger partial charge in [0.25, 0.3) is 0 Å². The number of likely N-dealkylation sites (N-methyl/N-ethyl adjacent to an activating group) is 1. The van der Waals surface area contributed by atoms with Crippen LogP contribution in [0.5, 0.6) is 11.5 Å². The highest BCUT2D eigenvalue weighted by molar-refractivity contribution is 5.40. The van der Waals surface area contributed by atoms with Crippen molar-refractivity contribution in [3.8, 4) is 11.5 Å². The van der Waals surface area contributed by atoms with E-state index in [1.807, 2.05) is 32.3 Å². The van der Waals surface area contributed by atoms with Crippen LogP contribution in [0.2, 0.25) is 0 Å². The maximum atomic E-state index is 6.08. The Morgan fingerprint density at radius 2 is 1.94 bits per heavy atom. The quantitative estimate of drug-likeness (QED) is 0.807. The molecule has 1 atom stereocenters. The lowest BCUT2D eigenvalue weighted by Gasteiger charge is -2.18. The predicted octanol–water partition coefficient (Wildman–Crippen LogP) is 1.14. The number of nitrogens with zero attached hydrogens (tertiary/aromatic N) is 1. The molecule has 2 N–H and O–H groups in total. The van der Waals surface area contributed by atoms with Crippen molar-refractivity contribution in [2.24, 2.45) is 5.73 Å². The molecule has 0 aliphatic rings. The van der Waals surface area contributed by atoms with Crippen molar-refractivity contribution in [2.75, 3.05) is 34.9 Å². The first-order valence-electron chi connectivity index (χ1n) is 5.68. The minimum Gasteiger partial charge on any atom is -0.497 e. The Labute approximate surface area is 103 Å². The summed E-state index contributed by atoms with van der Waals surface area (Å²) < 4.78 is 10.5. The summed E-state index contributed by atoms with van der Waals surface area (Å²) in [4.78, 5) is 2.08. The number of hydrogen-bond acceptors (Lipinski definition) is 4. The Hall–Kier alpha value is -1.26. The first kappa shape index (κ1) is 13.8. The van der Waals surface area contributed by atoms with Crippen LogP contribution in [0.25, 0.3) is 0 Å². The molecule has 0 radical (unpaired) electrons. The predicted molar refractivity (Wildman–Crippen MR) is 69.8 cm³/mol. The van der Waals surface area contributed by atoms with Gasteiger partial charge < -0.3 is 20.1 Å². The van der Waals surface area contributed by atoms with Gasteiger partial charge in [0.05, 0.1) is 14.2 Å². The third-order valence-electron chi connectivity index (χ3n) is 2.57. The normalized spacial score (nSPS) is 12.6. The largest absolute Gasteiger partial charge is 0.497 e. The zero-order valence-electron chi connectivity index (χ0n) is 11.1. The smallest absolute Gasteiger partial charge is 0.122 e. The van der Waals surface area contributed by atoms with E-state index < -0.39 is 0 Å². The van der Waals surface area contributed by atoms with Crippen LogP contribution in [0.1, 0.15) is 5.56 Å². The first-order chi connectivity index (χ1) is 8.06. The monoisotopic (exact) mass is 238 g/mol. The molecule has 1 aromatic rings. The molecule has 1 unspecified atom stereocenters. The zero-order chi connectivity index (χ0) is 12.8. The van der Waals surface area contributed by atoms with Crippen LogP contribution in [0.3, 0.4) is 0 Å². The van der Waals surface area contributed by atoms with E-state index in [0.29, 0.717) is 0 Å². The second-order valence-electron chi connectivity index (χ2n) is 4.40. The molecule has 0 aliphatic heterocycles. The van der Waals surface area contributed by atoms with Gasteiger partial charge in [0.15, 0.2) is 0 Å². The van der Waals surface area contributed by atoms with Gasteiger partial charge in [-0.1, -0.05) is 0 Å². The Balaban J connectivity index is 2.80. The lowest BCUT2D eigenvalue weighted by Crippen LogP contribution is -2.35. The Morgan fingerprint density at radius 3 is 2.47 bits per heavy atom. The second-order valence-corrected chi connectivity index (χ2v) is 4.40. The van der Waals surface area contributed by atoms with Gasteiger partial charge in [-0.2, -0.15) is 0 Å². The van der Waals surface area contributed by atoms with Crippen molar-refractivity contribution in [2.45, 2.75) is 12.5 Å². The van der Waals surface area contributed by atoms with E-state index in [-0.39, 0.29) is 6.04 Å². The van der Waals surface area contributed by atoms with Gasteiger partial charge in [0.2, 0.25) is 0 Å². The van der Waals surface area contributed by atoms with Crippen LogP contribution in [-0.2, 0) is 6.42 Å². The van der Waals surface area contributed by atoms with Crippen LogP contribution >= 0.6 is 0 Å². The first-order valence-corrected chi connectivity index (χ1v) is 5.68. The van der Waals surface area contributed by atoms with Gasteiger partial charge in [-0.25, -0.2) is 0 Å². The molecule has 0 aromatic heterocycles. The molecule has 0 spiro atoms. The molecule has 0 aliphatic carbocycles. The van der Waals surface area contributed by atoms with Gasteiger partial charge in [0.1, 0.15) is 11.5 Å². The van der Waals surface area contributed by atoms with E-state index in [9.17, 15) is 0 Å². The van der Waals surface area contributed by atoms with Crippen molar-refractivity contribution in [3.05, 3.63) is 23.8 Å².